The van der Waals surface area contributed by atoms with Gasteiger partial charge in [0.25, 0.3) is 0 Å². The van der Waals surface area contributed by atoms with Crippen LogP contribution in [0.2, 0.25) is 0 Å². The van der Waals surface area contributed by atoms with Crippen LogP contribution >= 0.6 is 47.8 Å². The molecule has 0 spiro atoms. The second kappa shape index (κ2) is 12.2. The molecule has 5 atom stereocenters. The van der Waals surface area contributed by atoms with Gasteiger partial charge in [-0.05, 0) is 93.2 Å². The first-order valence-corrected chi connectivity index (χ1v) is 12.1. The third-order valence-electron chi connectivity index (χ3n) is 4.76. The monoisotopic (exact) mass is 592 g/mol. The number of carbonyl (C=O) groups is 2. The quantitative estimate of drug-likeness (QED) is 0.305. The highest BCUT2D eigenvalue weighted by molar-refractivity contribution is 9.40. The fourth-order valence-corrected chi connectivity index (χ4v) is 3.99. The summed E-state index contributed by atoms with van der Waals surface area (Å²) in [6.45, 7) is 7.30. The molecule has 9 heteroatoms. The molecule has 1 aliphatic rings. The Hall–Kier alpha value is 0.300. The van der Waals surface area contributed by atoms with Crippen molar-refractivity contribution in [1.82, 2.24) is 0 Å². The number of esters is 2. The molecule has 0 aromatic rings. The average molecular weight is 595 g/mol. The van der Waals surface area contributed by atoms with E-state index < -0.39 is 32.4 Å². The van der Waals surface area contributed by atoms with Gasteiger partial charge in [0, 0.05) is 19.8 Å². The maximum atomic E-state index is 12.4. The van der Waals surface area contributed by atoms with Gasteiger partial charge in [0.1, 0.15) is 12.2 Å². The number of aliphatic hydroxyl groups is 1. The van der Waals surface area contributed by atoms with E-state index in [1.807, 2.05) is 20.8 Å². The molecule has 0 radical (unpaired) electrons. The zero-order chi connectivity index (χ0) is 21.5. The molecule has 0 saturated carbocycles. The summed E-state index contributed by atoms with van der Waals surface area (Å²) in [5.74, 6) is -0.591. The van der Waals surface area contributed by atoms with Crippen molar-refractivity contribution in [2.45, 2.75) is 98.9 Å². The van der Waals surface area contributed by atoms with Gasteiger partial charge in [0.2, 0.25) is 2.14 Å². The molecule has 0 aliphatic carbocycles. The molecule has 1 fully saturated rings. The average Bonchev–Trinajstić information content (AvgIpc) is 2.51. The Kier molecular flexibility index (Phi) is 11.5. The van der Waals surface area contributed by atoms with Gasteiger partial charge in [0.05, 0.1) is 18.3 Å². The zero-order valence-corrected chi connectivity index (χ0v) is 21.6. The van der Waals surface area contributed by atoms with Gasteiger partial charge < -0.3 is 19.3 Å². The third kappa shape index (κ3) is 10.4. The van der Waals surface area contributed by atoms with Crippen LogP contribution in [0.3, 0.4) is 0 Å². The third-order valence-corrected chi connectivity index (χ3v) is 5.73. The minimum Gasteiger partial charge on any atom is -0.462 e. The van der Waals surface area contributed by atoms with Crippen LogP contribution in [0.1, 0.15) is 66.2 Å². The summed E-state index contributed by atoms with van der Waals surface area (Å²) in [5.41, 5.74) is 0. The minimum absolute atomic E-state index is 0.152. The molecule has 1 aliphatic heterocycles. The van der Waals surface area contributed by atoms with E-state index in [1.54, 1.807) is 0 Å². The highest BCUT2D eigenvalue weighted by Crippen LogP contribution is 2.37. The smallest absolute Gasteiger partial charge is 0.345 e. The summed E-state index contributed by atoms with van der Waals surface area (Å²) in [7, 11) is 0. The number of hydrogen-bond donors (Lipinski definition) is 1. The lowest BCUT2D eigenvalue weighted by Crippen LogP contribution is -2.36. The van der Waals surface area contributed by atoms with Gasteiger partial charge in [-0.3, -0.25) is 4.79 Å². The second-order valence-electron chi connectivity index (χ2n) is 7.62. The number of ether oxygens (including phenoxy) is 3. The molecule has 0 amide bonds. The van der Waals surface area contributed by atoms with Crippen molar-refractivity contribution in [2.75, 3.05) is 0 Å². The van der Waals surface area contributed by atoms with Crippen LogP contribution in [0.5, 0.6) is 0 Å². The van der Waals surface area contributed by atoms with Crippen molar-refractivity contribution < 1.29 is 28.9 Å². The highest BCUT2D eigenvalue weighted by Gasteiger charge is 2.36. The van der Waals surface area contributed by atoms with Crippen LogP contribution in [0.15, 0.2) is 0 Å². The first kappa shape index (κ1) is 26.3. The van der Waals surface area contributed by atoms with Crippen LogP contribution in [-0.4, -0.2) is 49.7 Å². The first-order valence-electron chi connectivity index (χ1n) is 9.69. The van der Waals surface area contributed by atoms with Crippen molar-refractivity contribution in [3.05, 3.63) is 0 Å². The fourth-order valence-electron chi connectivity index (χ4n) is 3.71. The lowest BCUT2D eigenvalue weighted by molar-refractivity contribution is -0.155. The van der Waals surface area contributed by atoms with Gasteiger partial charge in [-0.15, -0.1) is 0 Å². The molecule has 1 saturated heterocycles. The summed E-state index contributed by atoms with van der Waals surface area (Å²) in [4.78, 5) is 23.9. The fraction of sp³-hybridized carbons (Fsp3) is 0.895. The molecule has 1 rings (SSSR count). The van der Waals surface area contributed by atoms with Crippen LogP contribution in [0, 0.1) is 5.92 Å². The van der Waals surface area contributed by atoms with E-state index in [1.165, 1.54) is 6.92 Å². The van der Waals surface area contributed by atoms with Crippen molar-refractivity contribution in [2.24, 2.45) is 5.92 Å². The number of rotatable bonds is 9. The molecular weight excluding hydrogens is 564 g/mol. The SMILES string of the molecule is CCC(O)CC(CC(CC1CC(C)OC(C)C1)OC(=O)C(Br)(Br)Br)OC(C)=O. The maximum absolute atomic E-state index is 12.4. The Labute approximate surface area is 192 Å². The summed E-state index contributed by atoms with van der Waals surface area (Å²) in [6.07, 6.45) is 2.39. The number of alkyl halides is 3. The van der Waals surface area contributed by atoms with E-state index >= 15 is 0 Å². The minimum atomic E-state index is -1.17. The van der Waals surface area contributed by atoms with E-state index in [4.69, 9.17) is 14.2 Å². The van der Waals surface area contributed by atoms with Crippen LogP contribution in [-0.2, 0) is 23.8 Å². The summed E-state index contributed by atoms with van der Waals surface area (Å²) in [6, 6.07) is 0. The number of aliphatic hydroxyl groups excluding tert-OH is 1. The van der Waals surface area contributed by atoms with Gasteiger partial charge in [-0.2, -0.15) is 0 Å². The van der Waals surface area contributed by atoms with Gasteiger partial charge >= 0.3 is 11.9 Å². The Morgan fingerprint density at radius 3 is 2.14 bits per heavy atom. The molecule has 6 nitrogen and oxygen atoms in total. The Morgan fingerprint density at radius 2 is 1.68 bits per heavy atom. The van der Waals surface area contributed by atoms with Crippen molar-refractivity contribution in [3.63, 3.8) is 0 Å². The van der Waals surface area contributed by atoms with E-state index in [0.717, 1.165) is 12.8 Å². The second-order valence-corrected chi connectivity index (χ2v) is 14.4. The molecule has 28 heavy (non-hydrogen) atoms. The lowest BCUT2D eigenvalue weighted by Gasteiger charge is -2.35. The zero-order valence-electron chi connectivity index (χ0n) is 16.8. The number of carbonyl (C=O) groups excluding carboxylic acids is 2. The van der Waals surface area contributed by atoms with Gasteiger partial charge in [0.15, 0.2) is 0 Å². The largest absolute Gasteiger partial charge is 0.462 e. The highest BCUT2D eigenvalue weighted by atomic mass is 80.0. The molecule has 5 unspecified atom stereocenters. The van der Waals surface area contributed by atoms with E-state index in [2.05, 4.69) is 47.8 Å². The predicted molar refractivity (Wildman–Crippen MR) is 118 cm³/mol. The van der Waals surface area contributed by atoms with Crippen LogP contribution in [0.25, 0.3) is 0 Å². The van der Waals surface area contributed by atoms with Crippen LogP contribution in [0.4, 0.5) is 0 Å². The predicted octanol–water partition coefficient (Wildman–Crippen LogP) is 4.81. The Balaban J connectivity index is 2.89. The van der Waals surface area contributed by atoms with Crippen molar-refractivity contribution >= 4 is 59.7 Å². The maximum Gasteiger partial charge on any atom is 0.345 e. The molecule has 164 valence electrons. The number of hydrogen-bond acceptors (Lipinski definition) is 6. The molecule has 0 aromatic heterocycles. The summed E-state index contributed by atoms with van der Waals surface area (Å²) in [5, 5.41) is 10.0. The van der Waals surface area contributed by atoms with Crippen molar-refractivity contribution in [3.8, 4) is 0 Å². The van der Waals surface area contributed by atoms with E-state index in [-0.39, 0.29) is 12.2 Å². The lowest BCUT2D eigenvalue weighted by atomic mass is 9.86. The summed E-state index contributed by atoms with van der Waals surface area (Å²) < 4.78 is 15.8. The van der Waals surface area contributed by atoms with E-state index in [0.29, 0.717) is 31.6 Å². The Morgan fingerprint density at radius 1 is 1.11 bits per heavy atom. The molecule has 0 bridgehead atoms. The first-order chi connectivity index (χ1) is 12.9. The molecule has 1 heterocycles. The Bertz CT molecular complexity index is 500. The number of halogens is 3. The molecule has 0 aromatic carbocycles. The van der Waals surface area contributed by atoms with E-state index in [9.17, 15) is 14.7 Å². The van der Waals surface area contributed by atoms with Gasteiger partial charge in [-0.25, -0.2) is 4.79 Å². The normalized spacial score (nSPS) is 26.2. The van der Waals surface area contributed by atoms with Crippen LogP contribution < -0.4 is 0 Å². The molecular formula is C19H31Br3O6. The van der Waals surface area contributed by atoms with Crippen molar-refractivity contribution in [1.29, 1.82) is 0 Å². The summed E-state index contributed by atoms with van der Waals surface area (Å²) >= 11 is 9.56. The standard InChI is InChI=1S/C19H31Br3O6/c1-5-15(24)9-17(27-13(4)23)10-16(28-18(25)19(20,21)22)8-14-6-11(2)26-12(3)7-14/h11-12,14-17,24H,5-10H2,1-4H3. The van der Waals surface area contributed by atoms with Gasteiger partial charge in [-0.1, -0.05) is 6.92 Å². The topological polar surface area (TPSA) is 82.1 Å². The molecule has 1 N–H and O–H groups in total.